The van der Waals surface area contributed by atoms with Gasteiger partial charge in [-0.05, 0) is 50.2 Å². The summed E-state index contributed by atoms with van der Waals surface area (Å²) in [5.74, 6) is 1.02. The van der Waals surface area contributed by atoms with E-state index in [-0.39, 0.29) is 11.6 Å². The number of rotatable bonds is 6. The Morgan fingerprint density at radius 1 is 1.15 bits per heavy atom. The van der Waals surface area contributed by atoms with E-state index in [1.807, 2.05) is 43.3 Å². The Bertz CT molecular complexity index is 903. The van der Waals surface area contributed by atoms with Crippen LogP contribution in [-0.2, 0) is 0 Å². The highest BCUT2D eigenvalue weighted by Crippen LogP contribution is 2.24. The molecule has 3 rings (SSSR count). The molecule has 0 fully saturated rings. The zero-order chi connectivity index (χ0) is 18.5. The van der Waals surface area contributed by atoms with Crippen LogP contribution in [0.2, 0.25) is 0 Å². The molecule has 1 N–H and O–H groups in total. The lowest BCUT2D eigenvalue weighted by Crippen LogP contribution is -2.15. The number of methoxy groups -OCH3 is 1. The highest BCUT2D eigenvalue weighted by Gasteiger charge is 2.18. The van der Waals surface area contributed by atoms with Crippen molar-refractivity contribution in [3.8, 4) is 17.2 Å². The Morgan fingerprint density at radius 3 is 2.58 bits per heavy atom. The summed E-state index contributed by atoms with van der Waals surface area (Å²) in [5, 5.41) is 11.0. The van der Waals surface area contributed by atoms with Crippen molar-refractivity contribution in [1.82, 2.24) is 15.0 Å². The predicted molar refractivity (Wildman–Crippen MR) is 98.2 cm³/mol. The molecule has 0 saturated heterocycles. The smallest absolute Gasteiger partial charge is 0.278 e. The van der Waals surface area contributed by atoms with Gasteiger partial charge in [-0.2, -0.15) is 0 Å². The first-order valence-electron chi connectivity index (χ1n) is 8.24. The maximum Gasteiger partial charge on any atom is 0.278 e. The normalized spacial score (nSPS) is 10.4. The number of para-hydroxylation sites is 2. The van der Waals surface area contributed by atoms with E-state index < -0.39 is 0 Å². The molecular weight excluding hydrogens is 332 g/mol. The number of nitrogens with zero attached hydrogens (tertiary/aromatic N) is 3. The molecule has 0 bridgehead atoms. The van der Waals surface area contributed by atoms with Crippen molar-refractivity contribution in [3.63, 3.8) is 0 Å². The number of carbonyl (C=O) groups excluding carboxylic acids is 1. The summed E-state index contributed by atoms with van der Waals surface area (Å²) in [6, 6.07) is 14.6. The van der Waals surface area contributed by atoms with Crippen molar-refractivity contribution in [1.29, 1.82) is 0 Å². The van der Waals surface area contributed by atoms with Crippen molar-refractivity contribution in [2.75, 3.05) is 19.0 Å². The number of hydrogen-bond donors (Lipinski definition) is 1. The fourth-order valence-electron chi connectivity index (χ4n) is 2.54. The molecular formula is C19H20N4O3. The van der Waals surface area contributed by atoms with Gasteiger partial charge in [0.25, 0.3) is 5.91 Å². The monoisotopic (exact) mass is 352 g/mol. The minimum atomic E-state index is -0.339. The second-order valence-corrected chi connectivity index (χ2v) is 5.52. The van der Waals surface area contributed by atoms with Gasteiger partial charge in [0.2, 0.25) is 0 Å². The van der Waals surface area contributed by atoms with Crippen LogP contribution >= 0.6 is 0 Å². The first-order valence-corrected chi connectivity index (χ1v) is 8.24. The molecule has 7 nitrogen and oxygen atoms in total. The van der Waals surface area contributed by atoms with Gasteiger partial charge in [0.05, 0.1) is 30.8 Å². The van der Waals surface area contributed by atoms with Crippen LogP contribution in [0.5, 0.6) is 11.5 Å². The van der Waals surface area contributed by atoms with Gasteiger partial charge in [0, 0.05) is 0 Å². The van der Waals surface area contributed by atoms with Gasteiger partial charge < -0.3 is 14.8 Å². The second-order valence-electron chi connectivity index (χ2n) is 5.52. The lowest BCUT2D eigenvalue weighted by Gasteiger charge is -2.10. The van der Waals surface area contributed by atoms with Gasteiger partial charge in [-0.25, -0.2) is 4.68 Å². The van der Waals surface area contributed by atoms with Crippen LogP contribution in [0.15, 0.2) is 48.5 Å². The van der Waals surface area contributed by atoms with Gasteiger partial charge in [-0.1, -0.05) is 17.3 Å². The summed E-state index contributed by atoms with van der Waals surface area (Å²) in [6.07, 6.45) is 0. The third kappa shape index (κ3) is 3.51. The number of amides is 1. The molecule has 134 valence electrons. The highest BCUT2D eigenvalue weighted by atomic mass is 16.5. The van der Waals surface area contributed by atoms with E-state index in [2.05, 4.69) is 15.6 Å². The van der Waals surface area contributed by atoms with E-state index in [9.17, 15) is 4.79 Å². The van der Waals surface area contributed by atoms with E-state index in [4.69, 9.17) is 9.47 Å². The molecule has 0 unspecified atom stereocenters. The van der Waals surface area contributed by atoms with E-state index in [0.717, 1.165) is 11.4 Å². The molecule has 0 radical (unpaired) electrons. The zero-order valence-corrected chi connectivity index (χ0v) is 14.9. The van der Waals surface area contributed by atoms with Crippen LogP contribution in [0, 0.1) is 6.92 Å². The van der Waals surface area contributed by atoms with Crippen LogP contribution in [-0.4, -0.2) is 34.6 Å². The van der Waals surface area contributed by atoms with Gasteiger partial charge in [-0.3, -0.25) is 4.79 Å². The minimum Gasteiger partial charge on any atom is -0.497 e. The molecule has 1 heterocycles. The molecule has 1 amide bonds. The lowest BCUT2D eigenvalue weighted by atomic mass is 10.2. The third-order valence-electron chi connectivity index (χ3n) is 3.86. The number of ether oxygens (including phenoxy) is 2. The van der Waals surface area contributed by atoms with Crippen LogP contribution in [0.3, 0.4) is 0 Å². The number of carbonyl (C=O) groups is 1. The first kappa shape index (κ1) is 17.5. The van der Waals surface area contributed by atoms with E-state index in [0.29, 0.717) is 23.7 Å². The summed E-state index contributed by atoms with van der Waals surface area (Å²) < 4.78 is 12.3. The van der Waals surface area contributed by atoms with Crippen molar-refractivity contribution in [3.05, 3.63) is 59.9 Å². The molecule has 0 spiro atoms. The quantitative estimate of drug-likeness (QED) is 0.737. The van der Waals surface area contributed by atoms with Gasteiger partial charge in [0.15, 0.2) is 5.69 Å². The Labute approximate surface area is 151 Å². The lowest BCUT2D eigenvalue weighted by molar-refractivity contribution is 0.102. The molecule has 0 aliphatic carbocycles. The molecule has 0 atom stereocenters. The second kappa shape index (κ2) is 7.69. The number of aromatic nitrogens is 3. The summed E-state index contributed by atoms with van der Waals surface area (Å²) in [7, 11) is 1.61. The van der Waals surface area contributed by atoms with Crippen molar-refractivity contribution in [2.45, 2.75) is 13.8 Å². The summed E-state index contributed by atoms with van der Waals surface area (Å²) >= 11 is 0. The zero-order valence-electron chi connectivity index (χ0n) is 14.9. The highest BCUT2D eigenvalue weighted by molar-refractivity contribution is 6.04. The molecule has 0 aliphatic rings. The predicted octanol–water partition coefficient (Wildman–Crippen LogP) is 3.24. The van der Waals surface area contributed by atoms with Crippen molar-refractivity contribution >= 4 is 11.6 Å². The number of hydrogen-bond acceptors (Lipinski definition) is 5. The van der Waals surface area contributed by atoms with E-state index in [1.54, 1.807) is 30.8 Å². The molecule has 0 saturated carbocycles. The maximum atomic E-state index is 12.6. The Morgan fingerprint density at radius 2 is 1.88 bits per heavy atom. The van der Waals surface area contributed by atoms with Crippen LogP contribution in [0.4, 0.5) is 5.69 Å². The average Bonchev–Trinajstić information content (AvgIpc) is 3.05. The Hall–Kier alpha value is -3.35. The van der Waals surface area contributed by atoms with E-state index in [1.165, 1.54) is 0 Å². The Kier molecular flexibility index (Phi) is 5.17. The summed E-state index contributed by atoms with van der Waals surface area (Å²) in [5.41, 5.74) is 2.29. The molecule has 7 heteroatoms. The van der Waals surface area contributed by atoms with Gasteiger partial charge in [0.1, 0.15) is 11.5 Å². The SMILES string of the molecule is CCOc1ccccc1NC(=O)c1nnn(-c2ccc(OC)cc2)c1C. The van der Waals surface area contributed by atoms with Gasteiger partial charge in [-0.15, -0.1) is 5.10 Å². The minimum absolute atomic E-state index is 0.257. The topological polar surface area (TPSA) is 78.3 Å². The summed E-state index contributed by atoms with van der Waals surface area (Å²) in [6.45, 7) is 4.20. The molecule has 26 heavy (non-hydrogen) atoms. The third-order valence-corrected chi connectivity index (χ3v) is 3.86. The fraction of sp³-hybridized carbons (Fsp3) is 0.211. The molecule has 2 aromatic carbocycles. The van der Waals surface area contributed by atoms with Crippen molar-refractivity contribution < 1.29 is 14.3 Å². The number of benzene rings is 2. The number of nitrogens with one attached hydrogen (secondary N) is 1. The summed E-state index contributed by atoms with van der Waals surface area (Å²) in [4.78, 5) is 12.6. The van der Waals surface area contributed by atoms with Crippen molar-refractivity contribution in [2.24, 2.45) is 0 Å². The molecule has 1 aromatic heterocycles. The maximum absolute atomic E-state index is 12.6. The van der Waals surface area contributed by atoms with Crippen LogP contribution in [0.1, 0.15) is 23.1 Å². The Balaban J connectivity index is 1.84. The van der Waals surface area contributed by atoms with Crippen LogP contribution < -0.4 is 14.8 Å². The first-order chi connectivity index (χ1) is 12.6. The van der Waals surface area contributed by atoms with E-state index >= 15 is 0 Å². The number of anilines is 1. The van der Waals surface area contributed by atoms with Gasteiger partial charge >= 0.3 is 0 Å². The van der Waals surface area contributed by atoms with Crippen LogP contribution in [0.25, 0.3) is 5.69 Å². The largest absolute Gasteiger partial charge is 0.497 e. The fourth-order valence-corrected chi connectivity index (χ4v) is 2.54. The standard InChI is InChI=1S/C19H20N4O3/c1-4-26-17-8-6-5-7-16(17)20-19(24)18-13(2)23(22-21-18)14-9-11-15(25-3)12-10-14/h5-12H,4H2,1-3H3,(H,20,24). The molecule has 0 aliphatic heterocycles. The molecule has 3 aromatic rings. The average molecular weight is 352 g/mol.